The van der Waals surface area contributed by atoms with E-state index >= 15 is 0 Å². The fourth-order valence-electron chi connectivity index (χ4n) is 3.67. The van der Waals surface area contributed by atoms with E-state index in [0.29, 0.717) is 11.3 Å². The summed E-state index contributed by atoms with van der Waals surface area (Å²) in [7, 11) is 1.53. The van der Waals surface area contributed by atoms with E-state index in [1.54, 1.807) is 45.0 Å². The summed E-state index contributed by atoms with van der Waals surface area (Å²) in [6.45, 7) is 4.81. The molecule has 1 fully saturated rings. The van der Waals surface area contributed by atoms with Crippen molar-refractivity contribution in [2.24, 2.45) is 5.73 Å². The molecule has 4 N–H and O–H groups in total. The lowest BCUT2D eigenvalue weighted by molar-refractivity contribution is -0.149. The maximum absolute atomic E-state index is 13.3. The van der Waals surface area contributed by atoms with Gasteiger partial charge in [0.1, 0.15) is 23.4 Å². The highest BCUT2D eigenvalue weighted by Crippen LogP contribution is 2.31. The second-order valence-corrected chi connectivity index (χ2v) is 8.85. The summed E-state index contributed by atoms with van der Waals surface area (Å²) in [5.41, 5.74) is 4.33. The average Bonchev–Trinajstić information content (AvgIpc) is 2.75. The van der Waals surface area contributed by atoms with Crippen molar-refractivity contribution in [2.75, 3.05) is 26.7 Å². The molecule has 1 aromatic rings. The zero-order valence-electron chi connectivity index (χ0n) is 19.4. The smallest absolute Gasteiger partial charge is 0.408 e. The molecule has 0 atom stereocenters. The van der Waals surface area contributed by atoms with Gasteiger partial charge in [-0.2, -0.15) is 0 Å². The van der Waals surface area contributed by atoms with Crippen LogP contribution in [0.15, 0.2) is 24.3 Å². The molecule has 4 amide bonds. The molecule has 0 radical (unpaired) electrons. The fourth-order valence-corrected chi connectivity index (χ4v) is 3.67. The Balaban J connectivity index is 2.29. The normalized spacial score (nSPS) is 15.3. The molecule has 0 aromatic heterocycles. The third kappa shape index (κ3) is 6.74. The quantitative estimate of drug-likeness (QED) is 0.554. The maximum Gasteiger partial charge on any atom is 0.408 e. The number of likely N-dealkylation sites (tertiary alicyclic amines) is 1. The van der Waals surface area contributed by atoms with Crippen LogP contribution in [-0.2, 0) is 20.9 Å². The Hall–Kier alpha value is -3.50. The SMILES string of the molecule is COc1ccc(CN(C(=O)CNC(=O)OC(C)(C)C)C2(C(N)=O)CCN(C(=O)O)CC2)cc1. The minimum absolute atomic E-state index is 0.0365. The lowest BCUT2D eigenvalue weighted by Crippen LogP contribution is -2.65. The number of rotatable bonds is 7. The third-order valence-corrected chi connectivity index (χ3v) is 5.42. The van der Waals surface area contributed by atoms with Gasteiger partial charge >= 0.3 is 12.2 Å². The van der Waals surface area contributed by atoms with Crippen LogP contribution in [0.25, 0.3) is 0 Å². The van der Waals surface area contributed by atoms with Gasteiger partial charge in [0, 0.05) is 19.6 Å². The van der Waals surface area contributed by atoms with Crippen molar-refractivity contribution in [3.8, 4) is 5.75 Å². The Morgan fingerprint density at radius 1 is 1.15 bits per heavy atom. The molecule has 1 saturated heterocycles. The van der Waals surface area contributed by atoms with Crippen LogP contribution in [0.1, 0.15) is 39.2 Å². The molecule has 0 spiro atoms. The van der Waals surface area contributed by atoms with Crippen molar-refractivity contribution in [3.05, 3.63) is 29.8 Å². The Morgan fingerprint density at radius 3 is 2.18 bits per heavy atom. The van der Waals surface area contributed by atoms with Crippen molar-refractivity contribution < 1.29 is 33.8 Å². The molecule has 11 nitrogen and oxygen atoms in total. The molecule has 0 saturated carbocycles. The minimum atomic E-state index is -1.40. The van der Waals surface area contributed by atoms with E-state index in [9.17, 15) is 24.3 Å². The first-order valence-corrected chi connectivity index (χ1v) is 10.6. The first-order chi connectivity index (χ1) is 15.4. The number of carboxylic acid groups (broad SMARTS) is 1. The topological polar surface area (TPSA) is 152 Å². The van der Waals surface area contributed by atoms with E-state index in [-0.39, 0.29) is 32.5 Å². The van der Waals surface area contributed by atoms with Crippen LogP contribution in [0, 0.1) is 0 Å². The lowest BCUT2D eigenvalue weighted by atomic mass is 9.84. The Kier molecular flexibility index (Phi) is 8.13. The van der Waals surface area contributed by atoms with Crippen molar-refractivity contribution >= 4 is 24.0 Å². The number of nitrogens with one attached hydrogen (secondary N) is 1. The van der Waals surface area contributed by atoms with Gasteiger partial charge < -0.3 is 35.4 Å². The van der Waals surface area contributed by atoms with Gasteiger partial charge in [0.15, 0.2) is 0 Å². The van der Waals surface area contributed by atoms with Crippen molar-refractivity contribution in [2.45, 2.75) is 51.3 Å². The van der Waals surface area contributed by atoms with Crippen molar-refractivity contribution in [3.63, 3.8) is 0 Å². The Labute approximate surface area is 192 Å². The van der Waals surface area contributed by atoms with Crippen LogP contribution in [0.3, 0.4) is 0 Å². The largest absolute Gasteiger partial charge is 0.497 e. The molecule has 2 rings (SSSR count). The second-order valence-electron chi connectivity index (χ2n) is 8.85. The Morgan fingerprint density at radius 2 is 1.73 bits per heavy atom. The van der Waals surface area contributed by atoms with Gasteiger partial charge in [-0.05, 0) is 51.3 Å². The van der Waals surface area contributed by atoms with E-state index in [1.807, 2.05) is 0 Å². The van der Waals surface area contributed by atoms with Crippen LogP contribution < -0.4 is 15.8 Å². The number of carbonyl (C=O) groups is 4. The number of primary amides is 1. The summed E-state index contributed by atoms with van der Waals surface area (Å²) < 4.78 is 10.3. The van der Waals surface area contributed by atoms with E-state index in [4.69, 9.17) is 15.2 Å². The average molecular weight is 465 g/mol. The van der Waals surface area contributed by atoms with Crippen molar-refractivity contribution in [1.29, 1.82) is 0 Å². The first kappa shape index (κ1) is 25.8. The molecule has 0 aliphatic carbocycles. The first-order valence-electron chi connectivity index (χ1n) is 10.6. The zero-order chi connectivity index (χ0) is 24.8. The summed E-state index contributed by atoms with van der Waals surface area (Å²) in [6.07, 6.45) is -1.78. The number of nitrogens with zero attached hydrogens (tertiary/aromatic N) is 2. The molecule has 0 bridgehead atoms. The summed E-state index contributed by atoms with van der Waals surface area (Å²) >= 11 is 0. The minimum Gasteiger partial charge on any atom is -0.497 e. The predicted octanol–water partition coefficient (Wildman–Crippen LogP) is 1.55. The Bertz CT molecular complexity index is 872. The molecule has 1 aromatic carbocycles. The lowest BCUT2D eigenvalue weighted by Gasteiger charge is -2.46. The van der Waals surface area contributed by atoms with Gasteiger partial charge in [0.25, 0.3) is 0 Å². The molecular weight excluding hydrogens is 432 g/mol. The predicted molar refractivity (Wildman–Crippen MR) is 119 cm³/mol. The number of nitrogens with two attached hydrogens (primary N) is 1. The van der Waals surface area contributed by atoms with E-state index in [2.05, 4.69) is 5.32 Å². The third-order valence-electron chi connectivity index (χ3n) is 5.42. The van der Waals surface area contributed by atoms with Gasteiger partial charge in [0.05, 0.1) is 7.11 Å². The van der Waals surface area contributed by atoms with Gasteiger partial charge in [-0.15, -0.1) is 0 Å². The molecule has 1 aliphatic heterocycles. The van der Waals surface area contributed by atoms with Crippen LogP contribution in [0.4, 0.5) is 9.59 Å². The van der Waals surface area contributed by atoms with Crippen molar-refractivity contribution in [1.82, 2.24) is 15.1 Å². The van der Waals surface area contributed by atoms with Crippen LogP contribution in [-0.4, -0.2) is 76.8 Å². The number of piperidine rings is 1. The van der Waals surface area contributed by atoms with Gasteiger partial charge in [-0.1, -0.05) is 12.1 Å². The molecule has 0 unspecified atom stereocenters. The van der Waals surface area contributed by atoms with Gasteiger partial charge in [0.2, 0.25) is 11.8 Å². The van der Waals surface area contributed by atoms with E-state index < -0.39 is 41.7 Å². The number of ether oxygens (including phenoxy) is 2. The van der Waals surface area contributed by atoms with Crippen LogP contribution >= 0.6 is 0 Å². The summed E-state index contributed by atoms with van der Waals surface area (Å²) in [5, 5.41) is 11.7. The maximum atomic E-state index is 13.3. The van der Waals surface area contributed by atoms with E-state index in [0.717, 1.165) is 0 Å². The zero-order valence-corrected chi connectivity index (χ0v) is 19.4. The molecule has 182 valence electrons. The van der Waals surface area contributed by atoms with Crippen LogP contribution in [0.2, 0.25) is 0 Å². The van der Waals surface area contributed by atoms with Crippen LogP contribution in [0.5, 0.6) is 5.75 Å². The second kappa shape index (κ2) is 10.4. The van der Waals surface area contributed by atoms with E-state index in [1.165, 1.54) is 16.9 Å². The molecule has 11 heteroatoms. The highest BCUT2D eigenvalue weighted by Gasteiger charge is 2.47. The number of amides is 4. The molecule has 1 aliphatic rings. The monoisotopic (exact) mass is 464 g/mol. The fraction of sp³-hybridized carbons (Fsp3) is 0.545. The summed E-state index contributed by atoms with van der Waals surface area (Å²) in [6, 6.07) is 6.95. The number of alkyl carbamates (subject to hydrolysis) is 1. The number of hydrogen-bond acceptors (Lipinski definition) is 6. The highest BCUT2D eigenvalue weighted by atomic mass is 16.6. The number of benzene rings is 1. The molecule has 33 heavy (non-hydrogen) atoms. The summed E-state index contributed by atoms with van der Waals surface area (Å²) in [4.78, 5) is 51.8. The summed E-state index contributed by atoms with van der Waals surface area (Å²) in [5.74, 6) is -0.645. The number of methoxy groups -OCH3 is 1. The molecule has 1 heterocycles. The van der Waals surface area contributed by atoms with Gasteiger partial charge in [-0.3, -0.25) is 9.59 Å². The number of carbonyl (C=O) groups excluding carboxylic acids is 3. The van der Waals surface area contributed by atoms with Gasteiger partial charge in [-0.25, -0.2) is 9.59 Å². The molecular formula is C22H32N4O7. The standard InChI is InChI=1S/C22H32N4O7/c1-21(2,3)33-19(29)24-13-17(27)26(14-15-5-7-16(32-4)8-6-15)22(18(23)28)9-11-25(12-10-22)20(30)31/h5-8H,9-14H2,1-4H3,(H2,23,28)(H,24,29)(H,30,31). The number of hydrogen-bond donors (Lipinski definition) is 3. The highest BCUT2D eigenvalue weighted by molar-refractivity contribution is 5.92.